The Hall–Kier alpha value is -2.21. The molecule has 3 rings (SSSR count). The molecule has 0 aliphatic heterocycles. The van der Waals surface area contributed by atoms with E-state index in [0.717, 1.165) is 28.3 Å². The molecule has 0 N–H and O–H groups in total. The smallest absolute Gasteiger partial charge is 0.201 e. The molecule has 114 valence electrons. The highest BCUT2D eigenvalue weighted by molar-refractivity contribution is 7.90. The van der Waals surface area contributed by atoms with Gasteiger partial charge in [0.1, 0.15) is 0 Å². The van der Waals surface area contributed by atoms with E-state index in [2.05, 4.69) is 10.3 Å². The first kappa shape index (κ1) is 14.7. The van der Waals surface area contributed by atoms with Gasteiger partial charge in [0.2, 0.25) is 9.84 Å². The Labute approximate surface area is 129 Å². The maximum atomic E-state index is 12.7. The lowest BCUT2D eigenvalue weighted by molar-refractivity contribution is 0.573. The Bertz CT molecular complexity index is 929. The number of hydrogen-bond donors (Lipinski definition) is 0. The highest BCUT2D eigenvalue weighted by atomic mass is 32.2. The summed E-state index contributed by atoms with van der Waals surface area (Å²) in [5, 5.41) is 9.56. The van der Waals surface area contributed by atoms with E-state index in [1.807, 2.05) is 43.3 Å². The summed E-state index contributed by atoms with van der Waals surface area (Å²) in [6.07, 6.45) is 2.09. The topological polar surface area (TPSA) is 64.8 Å². The summed E-state index contributed by atoms with van der Waals surface area (Å²) >= 11 is 0. The third kappa shape index (κ3) is 2.50. The summed E-state index contributed by atoms with van der Waals surface area (Å²) in [7, 11) is -1.90. The van der Waals surface area contributed by atoms with Gasteiger partial charge < -0.3 is 0 Å². The molecule has 0 atom stereocenters. The number of hydrogen-bond acceptors (Lipinski definition) is 4. The van der Waals surface area contributed by atoms with Crippen molar-refractivity contribution in [2.45, 2.75) is 24.1 Å². The number of sulfone groups is 1. The van der Waals surface area contributed by atoms with E-state index < -0.39 is 9.84 Å². The van der Waals surface area contributed by atoms with Crippen LogP contribution in [0.2, 0.25) is 0 Å². The largest absolute Gasteiger partial charge is 0.237 e. The summed E-state index contributed by atoms with van der Waals surface area (Å²) < 4.78 is 26.7. The van der Waals surface area contributed by atoms with E-state index in [9.17, 15) is 8.42 Å². The van der Waals surface area contributed by atoms with Crippen molar-refractivity contribution >= 4 is 20.6 Å². The first-order valence-corrected chi connectivity index (χ1v) is 8.75. The quantitative estimate of drug-likeness (QED) is 0.742. The Morgan fingerprint density at radius 2 is 1.91 bits per heavy atom. The zero-order valence-corrected chi connectivity index (χ0v) is 13.3. The van der Waals surface area contributed by atoms with E-state index in [1.54, 1.807) is 7.05 Å². The second kappa shape index (κ2) is 5.53. The second-order valence-corrected chi connectivity index (χ2v) is 7.17. The van der Waals surface area contributed by atoms with Crippen LogP contribution < -0.4 is 0 Å². The molecule has 0 fully saturated rings. The molecule has 3 aromatic rings. The normalized spacial score (nSPS) is 11.9. The van der Waals surface area contributed by atoms with Crippen LogP contribution in [0.1, 0.15) is 18.1 Å². The first-order chi connectivity index (χ1) is 10.5. The molecule has 0 amide bonds. The molecular weight excluding hydrogens is 298 g/mol. The molecule has 0 spiro atoms. The van der Waals surface area contributed by atoms with E-state index in [-0.39, 0.29) is 10.8 Å². The molecule has 0 unspecified atom stereocenters. The van der Waals surface area contributed by atoms with Crippen LogP contribution in [0.25, 0.3) is 10.8 Å². The van der Waals surface area contributed by atoms with Crippen LogP contribution in [-0.4, -0.2) is 23.4 Å². The van der Waals surface area contributed by atoms with Crippen molar-refractivity contribution in [1.29, 1.82) is 0 Å². The molecular formula is C16H17N3O2S. The third-order valence-corrected chi connectivity index (χ3v) is 5.52. The lowest BCUT2D eigenvalue weighted by Crippen LogP contribution is -2.12. The first-order valence-electron chi connectivity index (χ1n) is 7.10. The fourth-order valence-corrected chi connectivity index (χ4v) is 4.22. The molecule has 6 heteroatoms. The summed E-state index contributed by atoms with van der Waals surface area (Å²) in [4.78, 5) is 0. The standard InChI is InChI=1S/C16H17N3O2S/c1-3-12-8-9-13-6-4-5-7-14(13)15(12)11-22(20,21)16-10-17-18-19(16)2/h4-10H,3,11H2,1-2H3. The van der Waals surface area contributed by atoms with Crippen molar-refractivity contribution < 1.29 is 8.42 Å². The predicted octanol–water partition coefficient (Wildman–Crippen LogP) is 2.50. The second-order valence-electron chi connectivity index (χ2n) is 5.23. The number of aromatic nitrogens is 3. The average molecular weight is 315 g/mol. The summed E-state index contributed by atoms with van der Waals surface area (Å²) in [5.41, 5.74) is 1.92. The molecule has 5 nitrogen and oxygen atoms in total. The number of rotatable bonds is 4. The Morgan fingerprint density at radius 3 is 2.59 bits per heavy atom. The van der Waals surface area contributed by atoms with Crippen LogP contribution in [0.15, 0.2) is 47.6 Å². The SMILES string of the molecule is CCc1ccc2ccccc2c1CS(=O)(=O)c1cnnn1C. The number of benzene rings is 2. The van der Waals surface area contributed by atoms with Gasteiger partial charge in [-0.25, -0.2) is 13.1 Å². The monoisotopic (exact) mass is 315 g/mol. The van der Waals surface area contributed by atoms with E-state index in [0.29, 0.717) is 0 Å². The summed E-state index contributed by atoms with van der Waals surface area (Å²) in [5.74, 6) is -0.0429. The molecule has 0 bridgehead atoms. The van der Waals surface area contributed by atoms with Crippen molar-refractivity contribution in [2.75, 3.05) is 0 Å². The van der Waals surface area contributed by atoms with Crippen LogP contribution in [0, 0.1) is 0 Å². The lowest BCUT2D eigenvalue weighted by atomic mass is 9.99. The van der Waals surface area contributed by atoms with Crippen molar-refractivity contribution in [3.8, 4) is 0 Å². The molecule has 0 saturated carbocycles. The van der Waals surface area contributed by atoms with Gasteiger partial charge in [0, 0.05) is 7.05 Å². The molecule has 0 saturated heterocycles. The molecule has 22 heavy (non-hydrogen) atoms. The fraction of sp³-hybridized carbons (Fsp3) is 0.250. The van der Waals surface area contributed by atoms with E-state index >= 15 is 0 Å². The third-order valence-electron chi connectivity index (χ3n) is 3.84. The lowest BCUT2D eigenvalue weighted by Gasteiger charge is -2.12. The van der Waals surface area contributed by atoms with Gasteiger partial charge in [-0.2, -0.15) is 0 Å². The highest BCUT2D eigenvalue weighted by Gasteiger charge is 2.22. The zero-order valence-electron chi connectivity index (χ0n) is 12.5. The molecule has 0 aliphatic carbocycles. The fourth-order valence-electron chi connectivity index (χ4n) is 2.71. The van der Waals surface area contributed by atoms with Crippen LogP contribution >= 0.6 is 0 Å². The molecule has 0 radical (unpaired) electrons. The molecule has 0 aliphatic rings. The number of fused-ring (bicyclic) bond motifs is 1. The van der Waals surface area contributed by atoms with Crippen LogP contribution in [0.3, 0.4) is 0 Å². The Morgan fingerprint density at radius 1 is 1.14 bits per heavy atom. The average Bonchev–Trinajstić information content (AvgIpc) is 2.94. The van der Waals surface area contributed by atoms with E-state index in [4.69, 9.17) is 0 Å². The summed E-state index contributed by atoms with van der Waals surface area (Å²) in [6.45, 7) is 2.03. The predicted molar refractivity (Wildman–Crippen MR) is 85.2 cm³/mol. The zero-order chi connectivity index (χ0) is 15.7. The van der Waals surface area contributed by atoms with Gasteiger partial charge in [0.05, 0.1) is 11.9 Å². The van der Waals surface area contributed by atoms with Crippen LogP contribution in [-0.2, 0) is 29.1 Å². The molecule has 1 aromatic heterocycles. The van der Waals surface area contributed by atoms with Crippen molar-refractivity contribution in [3.05, 3.63) is 53.7 Å². The maximum Gasteiger partial charge on any atom is 0.201 e. The minimum Gasteiger partial charge on any atom is -0.237 e. The van der Waals surface area contributed by atoms with E-state index in [1.165, 1.54) is 10.9 Å². The van der Waals surface area contributed by atoms with Gasteiger partial charge in [-0.15, -0.1) is 5.10 Å². The van der Waals surface area contributed by atoms with Crippen molar-refractivity contribution in [1.82, 2.24) is 15.0 Å². The van der Waals surface area contributed by atoms with Gasteiger partial charge in [-0.1, -0.05) is 48.5 Å². The number of nitrogens with zero attached hydrogens (tertiary/aromatic N) is 3. The van der Waals surface area contributed by atoms with Crippen molar-refractivity contribution in [2.24, 2.45) is 7.05 Å². The summed E-state index contributed by atoms with van der Waals surface area (Å²) in [6, 6.07) is 11.9. The van der Waals surface area contributed by atoms with Gasteiger partial charge >= 0.3 is 0 Å². The van der Waals surface area contributed by atoms with Gasteiger partial charge in [0.25, 0.3) is 0 Å². The Balaban J connectivity index is 2.16. The highest BCUT2D eigenvalue weighted by Crippen LogP contribution is 2.26. The van der Waals surface area contributed by atoms with Crippen molar-refractivity contribution in [3.63, 3.8) is 0 Å². The van der Waals surface area contributed by atoms with Gasteiger partial charge in [0.15, 0.2) is 5.03 Å². The maximum absolute atomic E-state index is 12.7. The molecule has 1 heterocycles. The van der Waals surface area contributed by atoms with Crippen LogP contribution in [0.5, 0.6) is 0 Å². The van der Waals surface area contributed by atoms with Gasteiger partial charge in [-0.05, 0) is 28.3 Å². The Kier molecular flexibility index (Phi) is 3.70. The minimum atomic E-state index is -3.49. The van der Waals surface area contributed by atoms with Gasteiger partial charge in [-0.3, -0.25) is 0 Å². The van der Waals surface area contributed by atoms with Crippen LogP contribution in [0.4, 0.5) is 0 Å². The minimum absolute atomic E-state index is 0.0429. The molecule has 2 aromatic carbocycles. The number of aryl methyl sites for hydroxylation is 2.